The Hall–Kier alpha value is -2.82. The number of thioether (sulfide) groups is 1. The van der Waals surface area contributed by atoms with Gasteiger partial charge in [-0.15, -0.1) is 23.1 Å². The van der Waals surface area contributed by atoms with Gasteiger partial charge in [0.1, 0.15) is 5.75 Å². The molecule has 0 fully saturated rings. The minimum Gasteiger partial charge on any atom is -0.495 e. The van der Waals surface area contributed by atoms with Crippen molar-refractivity contribution < 1.29 is 9.53 Å². The van der Waals surface area contributed by atoms with Crippen LogP contribution in [0.15, 0.2) is 77.0 Å². The second kappa shape index (κ2) is 12.4. The molecule has 0 unspecified atom stereocenters. The van der Waals surface area contributed by atoms with E-state index < -0.39 is 0 Å². The number of rotatable bonds is 8. The summed E-state index contributed by atoms with van der Waals surface area (Å²) in [4.78, 5) is 17.9. The first kappa shape index (κ1) is 26.2. The highest BCUT2D eigenvalue weighted by atomic mass is 35.5. The molecule has 36 heavy (non-hydrogen) atoms. The van der Waals surface area contributed by atoms with Crippen molar-refractivity contribution in [3.8, 4) is 17.0 Å². The standard InChI is InChI=1S/C25H20Cl2N4O2S3/c1-33-22-8-3-2-7-20(22)29-24(34)28-16-5-4-6-17(12-16)35-14-23(32)31-25-30-21(13-36-25)18-10-9-15(26)11-19(18)27/h2-13H,14H2,1H3,(H2,28,29,34)(H,30,31,32). The Kier molecular flexibility index (Phi) is 9.06. The summed E-state index contributed by atoms with van der Waals surface area (Å²) in [5.41, 5.74) is 3.01. The van der Waals surface area contributed by atoms with E-state index in [-0.39, 0.29) is 11.7 Å². The number of halogens is 2. The van der Waals surface area contributed by atoms with Crippen LogP contribution in [0.4, 0.5) is 16.5 Å². The zero-order chi connectivity index (χ0) is 25.5. The summed E-state index contributed by atoms with van der Waals surface area (Å²) in [6, 6.07) is 20.4. The quantitative estimate of drug-likeness (QED) is 0.147. The van der Waals surface area contributed by atoms with Crippen LogP contribution in [0.5, 0.6) is 5.75 Å². The second-order valence-corrected chi connectivity index (χ2v) is 10.5. The van der Waals surface area contributed by atoms with Crippen LogP contribution in [0.3, 0.4) is 0 Å². The number of nitrogens with zero attached hydrogens (tertiary/aromatic N) is 1. The zero-order valence-electron chi connectivity index (χ0n) is 18.9. The van der Waals surface area contributed by atoms with Crippen molar-refractivity contribution >= 4 is 86.0 Å². The third kappa shape index (κ3) is 7.11. The lowest BCUT2D eigenvalue weighted by Crippen LogP contribution is -2.19. The molecule has 3 aromatic carbocycles. The fraction of sp³-hybridized carbons (Fsp3) is 0.0800. The van der Waals surface area contributed by atoms with Crippen LogP contribution in [0.2, 0.25) is 10.0 Å². The Morgan fingerprint density at radius 2 is 1.89 bits per heavy atom. The van der Waals surface area contributed by atoms with Crippen molar-refractivity contribution in [2.75, 3.05) is 28.8 Å². The van der Waals surface area contributed by atoms with Crippen LogP contribution >= 0.6 is 58.5 Å². The van der Waals surface area contributed by atoms with Crippen molar-refractivity contribution in [2.45, 2.75) is 4.90 Å². The van der Waals surface area contributed by atoms with Gasteiger partial charge in [0, 0.05) is 26.5 Å². The highest BCUT2D eigenvalue weighted by Crippen LogP contribution is 2.32. The summed E-state index contributed by atoms with van der Waals surface area (Å²) < 4.78 is 5.34. The zero-order valence-corrected chi connectivity index (χ0v) is 22.8. The van der Waals surface area contributed by atoms with Gasteiger partial charge in [0.15, 0.2) is 10.2 Å². The lowest BCUT2D eigenvalue weighted by atomic mass is 10.2. The summed E-state index contributed by atoms with van der Waals surface area (Å²) in [5.74, 6) is 0.764. The number of aromatic nitrogens is 1. The molecule has 11 heteroatoms. The number of benzene rings is 3. The Labute approximate surface area is 232 Å². The number of para-hydroxylation sites is 2. The van der Waals surface area contributed by atoms with Gasteiger partial charge in [-0.05, 0) is 60.7 Å². The lowest BCUT2D eigenvalue weighted by Gasteiger charge is -2.13. The number of hydrogen-bond donors (Lipinski definition) is 3. The molecule has 0 spiro atoms. The van der Waals surface area contributed by atoms with Crippen molar-refractivity contribution in [3.63, 3.8) is 0 Å². The van der Waals surface area contributed by atoms with Crippen LogP contribution in [-0.4, -0.2) is 28.9 Å². The van der Waals surface area contributed by atoms with E-state index >= 15 is 0 Å². The van der Waals surface area contributed by atoms with Gasteiger partial charge in [-0.3, -0.25) is 4.79 Å². The topological polar surface area (TPSA) is 75.3 Å². The number of carbonyl (C=O) groups is 1. The first-order valence-electron chi connectivity index (χ1n) is 10.6. The minimum absolute atomic E-state index is 0.158. The highest BCUT2D eigenvalue weighted by molar-refractivity contribution is 8.00. The Morgan fingerprint density at radius 1 is 1.06 bits per heavy atom. The number of carbonyl (C=O) groups excluding carboxylic acids is 1. The molecule has 6 nitrogen and oxygen atoms in total. The van der Waals surface area contributed by atoms with E-state index in [0.717, 1.165) is 21.8 Å². The Balaban J connectivity index is 1.30. The summed E-state index contributed by atoms with van der Waals surface area (Å²) in [5, 5.41) is 13.0. The molecule has 0 aliphatic carbocycles. The number of anilines is 3. The van der Waals surface area contributed by atoms with E-state index in [4.69, 9.17) is 40.2 Å². The molecule has 4 aromatic rings. The molecule has 1 heterocycles. The van der Waals surface area contributed by atoms with Crippen LogP contribution in [0.25, 0.3) is 11.3 Å². The van der Waals surface area contributed by atoms with Gasteiger partial charge in [-0.2, -0.15) is 0 Å². The maximum Gasteiger partial charge on any atom is 0.236 e. The van der Waals surface area contributed by atoms with E-state index in [1.807, 2.05) is 53.9 Å². The van der Waals surface area contributed by atoms with Gasteiger partial charge in [-0.25, -0.2) is 4.98 Å². The largest absolute Gasteiger partial charge is 0.495 e. The van der Waals surface area contributed by atoms with Crippen LogP contribution in [-0.2, 0) is 4.79 Å². The summed E-state index contributed by atoms with van der Waals surface area (Å²) in [6.07, 6.45) is 0. The second-order valence-electron chi connectivity index (χ2n) is 7.31. The Morgan fingerprint density at radius 3 is 2.69 bits per heavy atom. The molecule has 0 atom stereocenters. The van der Waals surface area contributed by atoms with Crippen LogP contribution < -0.4 is 20.7 Å². The van der Waals surface area contributed by atoms with Crippen molar-refractivity contribution in [3.05, 3.63) is 82.2 Å². The third-order valence-electron chi connectivity index (χ3n) is 4.77. The molecule has 3 N–H and O–H groups in total. The minimum atomic E-state index is -0.158. The fourth-order valence-electron chi connectivity index (χ4n) is 3.15. The number of nitrogens with one attached hydrogen (secondary N) is 3. The van der Waals surface area contributed by atoms with Crippen LogP contribution in [0.1, 0.15) is 0 Å². The van der Waals surface area contributed by atoms with Gasteiger partial charge in [0.2, 0.25) is 5.91 Å². The molecule has 0 saturated carbocycles. The summed E-state index contributed by atoms with van der Waals surface area (Å²) in [6.45, 7) is 0. The van der Waals surface area contributed by atoms with Gasteiger partial charge in [-0.1, -0.05) is 41.4 Å². The van der Waals surface area contributed by atoms with Gasteiger partial charge < -0.3 is 20.7 Å². The molecular weight excluding hydrogens is 555 g/mol. The van der Waals surface area contributed by atoms with Gasteiger partial charge >= 0.3 is 0 Å². The monoisotopic (exact) mass is 574 g/mol. The summed E-state index contributed by atoms with van der Waals surface area (Å²) >= 11 is 20.4. The maximum atomic E-state index is 12.5. The predicted molar refractivity (Wildman–Crippen MR) is 156 cm³/mol. The molecule has 0 aliphatic heterocycles. The predicted octanol–water partition coefficient (Wildman–Crippen LogP) is 7.67. The molecule has 1 amide bonds. The normalized spacial score (nSPS) is 10.5. The molecule has 0 bridgehead atoms. The Bertz CT molecular complexity index is 1400. The molecular formula is C25H20Cl2N4O2S3. The van der Waals surface area contributed by atoms with E-state index in [0.29, 0.717) is 31.7 Å². The van der Waals surface area contributed by atoms with E-state index in [2.05, 4.69) is 20.9 Å². The van der Waals surface area contributed by atoms with Crippen LogP contribution in [0, 0.1) is 0 Å². The smallest absolute Gasteiger partial charge is 0.236 e. The van der Waals surface area contributed by atoms with Gasteiger partial charge in [0.25, 0.3) is 0 Å². The molecule has 1 aromatic heterocycles. The summed E-state index contributed by atoms with van der Waals surface area (Å²) in [7, 11) is 1.61. The third-order valence-corrected chi connectivity index (χ3v) is 7.28. The first-order chi connectivity index (χ1) is 17.4. The number of thiazole rings is 1. The SMILES string of the molecule is COc1ccccc1NC(=S)Nc1cccc(SCC(=O)Nc2nc(-c3ccc(Cl)cc3Cl)cs2)c1. The van der Waals surface area contributed by atoms with Crippen molar-refractivity contribution in [1.82, 2.24) is 4.98 Å². The highest BCUT2D eigenvalue weighted by Gasteiger charge is 2.12. The number of amides is 1. The van der Waals surface area contributed by atoms with Gasteiger partial charge in [0.05, 0.1) is 29.3 Å². The number of ether oxygens (including phenoxy) is 1. The fourth-order valence-corrected chi connectivity index (χ4v) is 5.37. The first-order valence-corrected chi connectivity index (χ1v) is 13.6. The van der Waals surface area contributed by atoms with Crippen molar-refractivity contribution in [2.24, 2.45) is 0 Å². The molecule has 0 radical (unpaired) electrons. The molecule has 0 aliphatic rings. The maximum absolute atomic E-state index is 12.5. The van der Waals surface area contributed by atoms with E-state index in [1.165, 1.54) is 23.1 Å². The number of thiocarbonyl (C=S) groups is 1. The molecule has 0 saturated heterocycles. The van der Waals surface area contributed by atoms with E-state index in [9.17, 15) is 4.79 Å². The lowest BCUT2D eigenvalue weighted by molar-refractivity contribution is -0.113. The average molecular weight is 576 g/mol. The number of methoxy groups -OCH3 is 1. The molecule has 184 valence electrons. The average Bonchev–Trinajstić information content (AvgIpc) is 3.31. The number of hydrogen-bond acceptors (Lipinski definition) is 6. The van der Waals surface area contributed by atoms with E-state index in [1.54, 1.807) is 25.3 Å². The molecule has 4 rings (SSSR count). The van der Waals surface area contributed by atoms with Crippen molar-refractivity contribution in [1.29, 1.82) is 0 Å².